The van der Waals surface area contributed by atoms with Crippen LogP contribution in [0.3, 0.4) is 0 Å². The van der Waals surface area contributed by atoms with E-state index in [0.717, 1.165) is 18.7 Å². The molecule has 2 heterocycles. The summed E-state index contributed by atoms with van der Waals surface area (Å²) in [4.78, 5) is 4.78. The van der Waals surface area contributed by atoms with Gasteiger partial charge in [0.15, 0.2) is 0 Å². The second-order valence-electron chi connectivity index (χ2n) is 5.97. The van der Waals surface area contributed by atoms with Gasteiger partial charge in [0.25, 0.3) is 0 Å². The van der Waals surface area contributed by atoms with Gasteiger partial charge in [0.05, 0.1) is 12.3 Å². The van der Waals surface area contributed by atoms with Crippen LogP contribution in [0.15, 0.2) is 0 Å². The Labute approximate surface area is 115 Å². The first-order valence-electron chi connectivity index (χ1n) is 7.69. The average Bonchev–Trinajstić information content (AvgIpc) is 2.86. The molecule has 19 heavy (non-hydrogen) atoms. The van der Waals surface area contributed by atoms with Crippen LogP contribution in [0.4, 0.5) is 0 Å². The Bertz CT molecular complexity index is 433. The van der Waals surface area contributed by atoms with Gasteiger partial charge in [0.2, 0.25) is 0 Å². The van der Waals surface area contributed by atoms with Crippen LogP contribution in [-0.2, 0) is 19.6 Å². The monoisotopic (exact) mass is 263 g/mol. The van der Waals surface area contributed by atoms with Crippen molar-refractivity contribution in [2.75, 3.05) is 7.05 Å². The van der Waals surface area contributed by atoms with Gasteiger partial charge in [-0.2, -0.15) is 0 Å². The molecule has 2 aliphatic rings. The third-order valence-electron chi connectivity index (χ3n) is 4.88. The van der Waals surface area contributed by atoms with E-state index in [-0.39, 0.29) is 6.61 Å². The minimum Gasteiger partial charge on any atom is -0.390 e. The molecule has 3 rings (SSSR count). The molecule has 0 bridgehead atoms. The van der Waals surface area contributed by atoms with E-state index in [1.165, 1.54) is 50.0 Å². The van der Waals surface area contributed by atoms with Crippen LogP contribution in [0.25, 0.3) is 0 Å². The van der Waals surface area contributed by atoms with E-state index < -0.39 is 0 Å². The van der Waals surface area contributed by atoms with E-state index in [4.69, 9.17) is 4.98 Å². The summed E-state index contributed by atoms with van der Waals surface area (Å²) < 4.78 is 2.42. The van der Waals surface area contributed by atoms with Gasteiger partial charge < -0.3 is 15.0 Å². The molecule has 1 aliphatic carbocycles. The highest BCUT2D eigenvalue weighted by atomic mass is 16.3. The Morgan fingerprint density at radius 2 is 2.05 bits per heavy atom. The molecule has 1 saturated carbocycles. The Kier molecular flexibility index (Phi) is 3.89. The summed E-state index contributed by atoms with van der Waals surface area (Å²) in [5.41, 5.74) is 2.24. The predicted octanol–water partition coefficient (Wildman–Crippen LogP) is 1.96. The second kappa shape index (κ2) is 5.63. The van der Waals surface area contributed by atoms with E-state index in [0.29, 0.717) is 12.0 Å². The molecule has 0 amide bonds. The molecule has 0 radical (unpaired) electrons. The predicted molar refractivity (Wildman–Crippen MR) is 75.1 cm³/mol. The number of aliphatic hydroxyl groups is 1. The minimum atomic E-state index is 0.0984. The zero-order valence-corrected chi connectivity index (χ0v) is 11.9. The summed E-state index contributed by atoms with van der Waals surface area (Å²) in [7, 11) is 2.06. The third kappa shape index (κ3) is 2.43. The quantitative estimate of drug-likeness (QED) is 0.876. The maximum atomic E-state index is 9.50. The van der Waals surface area contributed by atoms with Crippen LogP contribution in [-0.4, -0.2) is 27.7 Å². The molecule has 4 heteroatoms. The zero-order valence-electron chi connectivity index (χ0n) is 11.9. The number of hydrogen-bond donors (Lipinski definition) is 2. The van der Waals surface area contributed by atoms with Crippen LogP contribution < -0.4 is 5.32 Å². The molecule has 2 N–H and O–H groups in total. The highest BCUT2D eigenvalue weighted by Gasteiger charge is 2.28. The first-order valence-corrected chi connectivity index (χ1v) is 7.69. The maximum Gasteiger partial charge on any atom is 0.112 e. The van der Waals surface area contributed by atoms with Gasteiger partial charge in [-0.25, -0.2) is 4.98 Å². The molecule has 0 atom stereocenters. The largest absolute Gasteiger partial charge is 0.390 e. The maximum absolute atomic E-state index is 9.50. The van der Waals surface area contributed by atoms with Crippen molar-refractivity contribution in [2.45, 2.75) is 70.1 Å². The summed E-state index contributed by atoms with van der Waals surface area (Å²) in [6, 6.07) is 0.685. The number of imidazole rings is 1. The van der Waals surface area contributed by atoms with E-state index in [1.54, 1.807) is 0 Å². The van der Waals surface area contributed by atoms with Crippen LogP contribution in [0.5, 0.6) is 0 Å². The lowest BCUT2D eigenvalue weighted by Gasteiger charge is -2.29. The molecular weight excluding hydrogens is 238 g/mol. The Balaban J connectivity index is 1.83. The number of aromatic nitrogens is 2. The third-order valence-corrected chi connectivity index (χ3v) is 4.88. The van der Waals surface area contributed by atoms with E-state index >= 15 is 0 Å². The summed E-state index contributed by atoms with van der Waals surface area (Å²) in [6.07, 6.45) is 8.54. The molecule has 0 unspecified atom stereocenters. The van der Waals surface area contributed by atoms with Crippen molar-refractivity contribution in [1.29, 1.82) is 0 Å². The molecular formula is C15H25N3O. The highest BCUT2D eigenvalue weighted by Crippen LogP contribution is 2.34. The number of nitrogens with one attached hydrogen (secondary N) is 1. The molecule has 1 fully saturated rings. The second-order valence-corrected chi connectivity index (χ2v) is 5.97. The normalized spacial score (nSPS) is 27.3. The Morgan fingerprint density at radius 3 is 2.74 bits per heavy atom. The fourth-order valence-electron chi connectivity index (χ4n) is 3.73. The van der Waals surface area contributed by atoms with Crippen molar-refractivity contribution >= 4 is 0 Å². The smallest absolute Gasteiger partial charge is 0.112 e. The van der Waals surface area contributed by atoms with Crippen LogP contribution >= 0.6 is 0 Å². The fraction of sp³-hybridized carbons (Fsp3) is 0.800. The molecule has 1 aromatic rings. The molecule has 4 nitrogen and oxygen atoms in total. The Morgan fingerprint density at radius 1 is 1.26 bits per heavy atom. The van der Waals surface area contributed by atoms with Gasteiger partial charge in [0, 0.05) is 24.2 Å². The number of fused-ring (bicyclic) bond motifs is 1. The van der Waals surface area contributed by atoms with Gasteiger partial charge in [-0.1, -0.05) is 0 Å². The fourth-order valence-corrected chi connectivity index (χ4v) is 3.73. The minimum absolute atomic E-state index is 0.0984. The van der Waals surface area contributed by atoms with Crippen molar-refractivity contribution in [3.8, 4) is 0 Å². The van der Waals surface area contributed by atoms with E-state index in [2.05, 4.69) is 16.9 Å². The standard InChI is InChI=1S/C15H25N3O/c1-16-12-7-5-11(6-8-12)15-17-13(10-19)14-4-2-3-9-18(14)15/h11-12,16,19H,2-10H2,1H3. The van der Waals surface area contributed by atoms with E-state index in [9.17, 15) is 5.11 Å². The van der Waals surface area contributed by atoms with Crippen molar-refractivity contribution in [1.82, 2.24) is 14.9 Å². The summed E-state index contributed by atoms with van der Waals surface area (Å²) in [5.74, 6) is 1.86. The topological polar surface area (TPSA) is 50.1 Å². The summed E-state index contributed by atoms with van der Waals surface area (Å²) in [5, 5.41) is 12.9. The molecule has 0 spiro atoms. The first kappa shape index (κ1) is 13.1. The van der Waals surface area contributed by atoms with Crippen LogP contribution in [0.2, 0.25) is 0 Å². The molecule has 1 aromatic heterocycles. The lowest BCUT2D eigenvalue weighted by Crippen LogP contribution is -2.30. The number of rotatable bonds is 3. The molecule has 0 aromatic carbocycles. The van der Waals surface area contributed by atoms with Crippen molar-refractivity contribution < 1.29 is 5.11 Å². The van der Waals surface area contributed by atoms with Crippen molar-refractivity contribution in [3.63, 3.8) is 0 Å². The summed E-state index contributed by atoms with van der Waals surface area (Å²) in [6.45, 7) is 1.20. The summed E-state index contributed by atoms with van der Waals surface area (Å²) >= 11 is 0. The molecule has 0 saturated heterocycles. The average molecular weight is 263 g/mol. The number of nitrogens with zero attached hydrogens (tertiary/aromatic N) is 2. The van der Waals surface area contributed by atoms with Gasteiger partial charge in [-0.05, 0) is 52.0 Å². The van der Waals surface area contributed by atoms with Gasteiger partial charge in [-0.15, -0.1) is 0 Å². The molecule has 106 valence electrons. The van der Waals surface area contributed by atoms with Crippen molar-refractivity contribution in [3.05, 3.63) is 17.2 Å². The van der Waals surface area contributed by atoms with Gasteiger partial charge in [0.1, 0.15) is 5.82 Å². The molecule has 1 aliphatic heterocycles. The number of aliphatic hydroxyl groups excluding tert-OH is 1. The van der Waals surface area contributed by atoms with Crippen molar-refractivity contribution in [2.24, 2.45) is 0 Å². The first-order chi connectivity index (χ1) is 9.33. The SMILES string of the molecule is CNC1CCC(c2nc(CO)c3n2CCCC3)CC1. The van der Waals surface area contributed by atoms with Crippen LogP contribution in [0, 0.1) is 0 Å². The van der Waals surface area contributed by atoms with Gasteiger partial charge in [-0.3, -0.25) is 0 Å². The Hall–Kier alpha value is -0.870. The lowest BCUT2D eigenvalue weighted by atomic mass is 9.85. The van der Waals surface area contributed by atoms with E-state index in [1.807, 2.05) is 0 Å². The highest BCUT2D eigenvalue weighted by molar-refractivity contribution is 5.21. The van der Waals surface area contributed by atoms with Crippen LogP contribution in [0.1, 0.15) is 61.7 Å². The zero-order chi connectivity index (χ0) is 13.2. The lowest BCUT2D eigenvalue weighted by molar-refractivity contribution is 0.275. The van der Waals surface area contributed by atoms with Gasteiger partial charge >= 0.3 is 0 Å². The number of hydrogen-bond acceptors (Lipinski definition) is 3.